The lowest BCUT2D eigenvalue weighted by Gasteiger charge is -2.00. The van der Waals surface area contributed by atoms with Crippen LogP contribution in [0.5, 0.6) is 0 Å². The summed E-state index contributed by atoms with van der Waals surface area (Å²) in [5.41, 5.74) is 1.44. The SMILES string of the molecule is CC(=O)c1nccc(Br)c1C. The molecule has 0 fully saturated rings. The average Bonchev–Trinajstić information content (AvgIpc) is 1.94. The highest BCUT2D eigenvalue weighted by molar-refractivity contribution is 9.10. The molecule has 1 aromatic rings. The van der Waals surface area contributed by atoms with Gasteiger partial charge in [0, 0.05) is 17.6 Å². The van der Waals surface area contributed by atoms with Crippen LogP contribution in [0, 0.1) is 6.92 Å². The van der Waals surface area contributed by atoms with E-state index in [2.05, 4.69) is 20.9 Å². The number of aromatic nitrogens is 1. The van der Waals surface area contributed by atoms with Gasteiger partial charge >= 0.3 is 0 Å². The molecule has 0 bridgehead atoms. The summed E-state index contributed by atoms with van der Waals surface area (Å²) in [5, 5.41) is 0. The first-order chi connectivity index (χ1) is 5.13. The Morgan fingerprint density at radius 3 is 2.73 bits per heavy atom. The Morgan fingerprint density at radius 1 is 1.64 bits per heavy atom. The molecule has 0 aliphatic heterocycles. The number of carbonyl (C=O) groups is 1. The van der Waals surface area contributed by atoms with Crippen LogP contribution in [0.1, 0.15) is 23.0 Å². The lowest BCUT2D eigenvalue weighted by atomic mass is 10.2. The Balaban J connectivity index is 3.27. The number of rotatable bonds is 1. The summed E-state index contributed by atoms with van der Waals surface area (Å²) in [6.07, 6.45) is 1.62. The molecule has 0 amide bonds. The molecular formula is C8H8BrNO. The third-order valence-electron chi connectivity index (χ3n) is 1.47. The zero-order chi connectivity index (χ0) is 8.43. The number of Topliss-reactive ketones (excluding diaryl/α,β-unsaturated/α-hetero) is 1. The van der Waals surface area contributed by atoms with Crippen LogP contribution in [0.2, 0.25) is 0 Å². The van der Waals surface area contributed by atoms with E-state index < -0.39 is 0 Å². The van der Waals surface area contributed by atoms with Crippen molar-refractivity contribution in [1.29, 1.82) is 0 Å². The second kappa shape index (κ2) is 3.13. The van der Waals surface area contributed by atoms with Crippen molar-refractivity contribution in [3.8, 4) is 0 Å². The van der Waals surface area contributed by atoms with Crippen molar-refractivity contribution < 1.29 is 4.79 Å². The molecule has 0 aliphatic rings. The van der Waals surface area contributed by atoms with Crippen molar-refractivity contribution in [2.24, 2.45) is 0 Å². The number of pyridine rings is 1. The number of nitrogens with zero attached hydrogens (tertiary/aromatic N) is 1. The first kappa shape index (κ1) is 8.40. The molecule has 0 atom stereocenters. The molecule has 0 saturated heterocycles. The Bertz CT molecular complexity index is 296. The number of carbonyl (C=O) groups excluding carboxylic acids is 1. The average molecular weight is 214 g/mol. The predicted octanol–water partition coefficient (Wildman–Crippen LogP) is 2.36. The highest BCUT2D eigenvalue weighted by atomic mass is 79.9. The van der Waals surface area contributed by atoms with Crippen LogP contribution in [0.15, 0.2) is 16.7 Å². The van der Waals surface area contributed by atoms with Gasteiger partial charge < -0.3 is 0 Å². The maximum atomic E-state index is 10.9. The molecule has 0 aromatic carbocycles. The Hall–Kier alpha value is -0.700. The van der Waals surface area contributed by atoms with Gasteiger partial charge in [-0.3, -0.25) is 9.78 Å². The van der Waals surface area contributed by atoms with Gasteiger partial charge in [-0.05, 0) is 18.6 Å². The third-order valence-corrected chi connectivity index (χ3v) is 2.33. The number of halogens is 1. The van der Waals surface area contributed by atoms with Gasteiger partial charge in [-0.1, -0.05) is 15.9 Å². The van der Waals surface area contributed by atoms with Gasteiger partial charge in [0.1, 0.15) is 5.69 Å². The topological polar surface area (TPSA) is 30.0 Å². The van der Waals surface area contributed by atoms with Crippen molar-refractivity contribution in [3.63, 3.8) is 0 Å². The standard InChI is InChI=1S/C8H8BrNO/c1-5-7(9)3-4-10-8(5)6(2)11/h3-4H,1-2H3. The maximum Gasteiger partial charge on any atom is 0.178 e. The fourth-order valence-electron chi connectivity index (χ4n) is 0.867. The Kier molecular flexibility index (Phi) is 2.39. The smallest absolute Gasteiger partial charge is 0.178 e. The van der Waals surface area contributed by atoms with Gasteiger partial charge in [0.15, 0.2) is 5.78 Å². The number of hydrogen-bond acceptors (Lipinski definition) is 2. The van der Waals surface area contributed by atoms with Gasteiger partial charge in [-0.25, -0.2) is 0 Å². The van der Waals surface area contributed by atoms with Gasteiger partial charge in [-0.15, -0.1) is 0 Å². The Labute approximate surface area is 73.8 Å². The third kappa shape index (κ3) is 1.66. The van der Waals surface area contributed by atoms with Crippen molar-refractivity contribution in [3.05, 3.63) is 28.0 Å². The molecule has 0 radical (unpaired) electrons. The molecule has 0 unspecified atom stereocenters. The summed E-state index contributed by atoms with van der Waals surface area (Å²) in [6, 6.07) is 1.82. The molecule has 11 heavy (non-hydrogen) atoms. The lowest BCUT2D eigenvalue weighted by molar-refractivity contribution is 0.101. The first-order valence-corrected chi connectivity index (χ1v) is 4.04. The largest absolute Gasteiger partial charge is 0.293 e. The van der Waals surface area contributed by atoms with Crippen molar-refractivity contribution in [1.82, 2.24) is 4.98 Å². The summed E-state index contributed by atoms with van der Waals surface area (Å²) >= 11 is 3.32. The fourth-order valence-corrected chi connectivity index (χ4v) is 1.17. The second-order valence-electron chi connectivity index (χ2n) is 2.32. The molecular weight excluding hydrogens is 206 g/mol. The highest BCUT2D eigenvalue weighted by Crippen LogP contribution is 2.17. The van der Waals surface area contributed by atoms with Crippen LogP contribution in [-0.4, -0.2) is 10.8 Å². The van der Waals surface area contributed by atoms with Gasteiger partial charge in [0.25, 0.3) is 0 Å². The molecule has 0 N–H and O–H groups in total. The highest BCUT2D eigenvalue weighted by Gasteiger charge is 2.06. The van der Waals surface area contributed by atoms with E-state index in [1.54, 1.807) is 6.20 Å². The van der Waals surface area contributed by atoms with E-state index in [-0.39, 0.29) is 5.78 Å². The molecule has 0 aliphatic carbocycles. The van der Waals surface area contributed by atoms with E-state index in [9.17, 15) is 4.79 Å². The molecule has 0 saturated carbocycles. The summed E-state index contributed by atoms with van der Waals surface area (Å²) in [5.74, 6) is 0.00352. The van der Waals surface area contributed by atoms with Crippen LogP contribution in [-0.2, 0) is 0 Å². The number of hydrogen-bond donors (Lipinski definition) is 0. The predicted molar refractivity (Wildman–Crippen MR) is 46.7 cm³/mol. The van der Waals surface area contributed by atoms with Crippen molar-refractivity contribution in [2.45, 2.75) is 13.8 Å². The molecule has 0 spiro atoms. The van der Waals surface area contributed by atoms with E-state index in [1.165, 1.54) is 6.92 Å². The quantitative estimate of drug-likeness (QED) is 0.671. The van der Waals surface area contributed by atoms with Crippen molar-refractivity contribution >= 4 is 21.7 Å². The van der Waals surface area contributed by atoms with Crippen LogP contribution in [0.3, 0.4) is 0 Å². The normalized spacial score (nSPS) is 9.73. The van der Waals surface area contributed by atoms with E-state index >= 15 is 0 Å². The minimum Gasteiger partial charge on any atom is -0.293 e. The maximum absolute atomic E-state index is 10.9. The zero-order valence-corrected chi connectivity index (χ0v) is 7.97. The van der Waals surface area contributed by atoms with Crippen LogP contribution < -0.4 is 0 Å². The summed E-state index contributed by atoms with van der Waals surface area (Å²) in [7, 11) is 0. The van der Waals surface area contributed by atoms with Gasteiger partial charge in [0.2, 0.25) is 0 Å². The van der Waals surface area contributed by atoms with Gasteiger partial charge in [-0.2, -0.15) is 0 Å². The lowest BCUT2D eigenvalue weighted by Crippen LogP contribution is -1.99. The van der Waals surface area contributed by atoms with Crippen LogP contribution in [0.25, 0.3) is 0 Å². The summed E-state index contributed by atoms with van der Waals surface area (Å²) in [4.78, 5) is 14.9. The molecule has 3 heteroatoms. The zero-order valence-electron chi connectivity index (χ0n) is 6.39. The van der Waals surface area contributed by atoms with E-state index in [1.807, 2.05) is 13.0 Å². The monoisotopic (exact) mass is 213 g/mol. The molecule has 1 rings (SSSR count). The first-order valence-electron chi connectivity index (χ1n) is 3.25. The summed E-state index contributed by atoms with van der Waals surface area (Å²) < 4.78 is 0.928. The molecule has 1 aromatic heterocycles. The molecule has 2 nitrogen and oxygen atoms in total. The van der Waals surface area contributed by atoms with E-state index in [4.69, 9.17) is 0 Å². The minimum absolute atomic E-state index is 0.00352. The van der Waals surface area contributed by atoms with E-state index in [0.29, 0.717) is 5.69 Å². The molecule has 1 heterocycles. The van der Waals surface area contributed by atoms with Crippen LogP contribution >= 0.6 is 15.9 Å². The second-order valence-corrected chi connectivity index (χ2v) is 3.18. The van der Waals surface area contributed by atoms with E-state index in [0.717, 1.165) is 10.0 Å². The summed E-state index contributed by atoms with van der Waals surface area (Å²) in [6.45, 7) is 3.38. The molecule has 58 valence electrons. The fraction of sp³-hybridized carbons (Fsp3) is 0.250. The van der Waals surface area contributed by atoms with Crippen LogP contribution in [0.4, 0.5) is 0 Å². The van der Waals surface area contributed by atoms with Crippen molar-refractivity contribution in [2.75, 3.05) is 0 Å². The number of ketones is 1. The Morgan fingerprint density at radius 2 is 2.27 bits per heavy atom. The minimum atomic E-state index is 0.00352. The van der Waals surface area contributed by atoms with Gasteiger partial charge in [0.05, 0.1) is 0 Å².